The molecule has 2 rings (SSSR count). The van der Waals surface area contributed by atoms with Crippen molar-refractivity contribution >= 4 is 17.5 Å². The zero-order chi connectivity index (χ0) is 13.2. The number of hydrogen-bond donors (Lipinski definition) is 0. The van der Waals surface area contributed by atoms with Crippen LogP contribution in [0.15, 0.2) is 29.7 Å². The smallest absolute Gasteiger partial charge is 0.361 e. The molecule has 1 nitrogen and oxygen atoms in total. The summed E-state index contributed by atoms with van der Waals surface area (Å²) < 4.78 is 37.4. The highest BCUT2D eigenvalue weighted by Gasteiger charge is 2.30. The second kappa shape index (κ2) is 5.26. The summed E-state index contributed by atoms with van der Waals surface area (Å²) in [5.74, 6) is 0.879. The van der Waals surface area contributed by atoms with Gasteiger partial charge in [0.05, 0.1) is 17.1 Å². The molecule has 1 aromatic rings. The third kappa shape index (κ3) is 2.83. The van der Waals surface area contributed by atoms with Crippen molar-refractivity contribution in [2.24, 2.45) is 0 Å². The van der Waals surface area contributed by atoms with E-state index < -0.39 is 11.7 Å². The fourth-order valence-electron chi connectivity index (χ4n) is 1.89. The van der Waals surface area contributed by atoms with Crippen LogP contribution in [0, 0.1) is 0 Å². The summed E-state index contributed by atoms with van der Waals surface area (Å²) >= 11 is 1.68. The first kappa shape index (κ1) is 13.3. The topological polar surface area (TPSA) is 3.24 Å². The lowest BCUT2D eigenvalue weighted by Gasteiger charge is -2.21. The molecular formula is C13H14F3NS. The third-order valence-electron chi connectivity index (χ3n) is 2.77. The SMILES string of the molecule is CCCN1CSC=C1c1ccc(C(F)(F)F)cc1. The molecule has 0 aliphatic carbocycles. The average Bonchev–Trinajstić information content (AvgIpc) is 2.77. The molecular weight excluding hydrogens is 259 g/mol. The second-order valence-electron chi connectivity index (χ2n) is 4.14. The van der Waals surface area contributed by atoms with Gasteiger partial charge in [-0.25, -0.2) is 0 Å². The molecule has 0 fully saturated rings. The highest BCUT2D eigenvalue weighted by atomic mass is 32.2. The van der Waals surface area contributed by atoms with Crippen molar-refractivity contribution in [3.8, 4) is 0 Å². The van der Waals surface area contributed by atoms with E-state index in [1.165, 1.54) is 0 Å². The molecule has 0 N–H and O–H groups in total. The van der Waals surface area contributed by atoms with E-state index in [0.29, 0.717) is 0 Å². The average molecular weight is 273 g/mol. The predicted molar refractivity (Wildman–Crippen MR) is 68.9 cm³/mol. The van der Waals surface area contributed by atoms with E-state index in [9.17, 15) is 13.2 Å². The van der Waals surface area contributed by atoms with Gasteiger partial charge in [0.25, 0.3) is 0 Å². The summed E-state index contributed by atoms with van der Waals surface area (Å²) in [6.45, 7) is 3.02. The Morgan fingerprint density at radius 2 is 1.89 bits per heavy atom. The molecule has 1 heterocycles. The van der Waals surface area contributed by atoms with Gasteiger partial charge in [0.1, 0.15) is 0 Å². The molecule has 1 aromatic carbocycles. The van der Waals surface area contributed by atoms with Gasteiger partial charge in [-0.1, -0.05) is 19.1 Å². The number of hydrogen-bond acceptors (Lipinski definition) is 2. The van der Waals surface area contributed by atoms with Crippen LogP contribution in [0.4, 0.5) is 13.2 Å². The number of benzene rings is 1. The highest BCUT2D eigenvalue weighted by Crippen LogP contribution is 2.34. The van der Waals surface area contributed by atoms with Gasteiger partial charge in [-0.3, -0.25) is 0 Å². The van der Waals surface area contributed by atoms with E-state index in [2.05, 4.69) is 11.8 Å². The predicted octanol–water partition coefficient (Wildman–Crippen LogP) is 4.42. The van der Waals surface area contributed by atoms with Crippen molar-refractivity contribution < 1.29 is 13.2 Å². The van der Waals surface area contributed by atoms with Crippen LogP contribution in [0.25, 0.3) is 5.70 Å². The first-order valence-corrected chi connectivity index (χ1v) is 6.81. The van der Waals surface area contributed by atoms with Gasteiger partial charge in [0.15, 0.2) is 0 Å². The number of halogens is 3. The quantitative estimate of drug-likeness (QED) is 0.802. The van der Waals surface area contributed by atoms with E-state index in [1.807, 2.05) is 5.41 Å². The molecule has 0 saturated carbocycles. The molecule has 5 heteroatoms. The molecule has 0 spiro atoms. The maximum Gasteiger partial charge on any atom is 0.416 e. The summed E-state index contributed by atoms with van der Waals surface area (Å²) in [7, 11) is 0. The Morgan fingerprint density at radius 1 is 1.22 bits per heavy atom. The Kier molecular flexibility index (Phi) is 3.90. The first-order chi connectivity index (χ1) is 8.52. The Morgan fingerprint density at radius 3 is 2.44 bits per heavy atom. The lowest BCUT2D eigenvalue weighted by Crippen LogP contribution is -2.18. The van der Waals surface area contributed by atoms with Crippen molar-refractivity contribution in [1.82, 2.24) is 4.90 Å². The zero-order valence-corrected chi connectivity index (χ0v) is 10.8. The monoisotopic (exact) mass is 273 g/mol. The number of alkyl halides is 3. The van der Waals surface area contributed by atoms with Crippen molar-refractivity contribution in [2.45, 2.75) is 19.5 Å². The summed E-state index contributed by atoms with van der Waals surface area (Å²) in [5.41, 5.74) is 1.27. The van der Waals surface area contributed by atoms with Crippen molar-refractivity contribution in [3.05, 3.63) is 40.8 Å². The van der Waals surface area contributed by atoms with Crippen LogP contribution in [0.2, 0.25) is 0 Å². The van der Waals surface area contributed by atoms with E-state index in [1.54, 1.807) is 23.9 Å². The maximum atomic E-state index is 12.5. The van der Waals surface area contributed by atoms with Crippen LogP contribution in [0.5, 0.6) is 0 Å². The van der Waals surface area contributed by atoms with Gasteiger partial charge in [-0.15, -0.1) is 11.8 Å². The minimum Gasteiger partial charge on any atom is -0.361 e. The molecule has 1 aliphatic heterocycles. The molecule has 1 aliphatic rings. The van der Waals surface area contributed by atoms with Gasteiger partial charge in [-0.2, -0.15) is 13.2 Å². The molecule has 0 radical (unpaired) electrons. The van der Waals surface area contributed by atoms with E-state index in [0.717, 1.165) is 42.2 Å². The summed E-state index contributed by atoms with van der Waals surface area (Å²) in [4.78, 5) is 2.19. The first-order valence-electron chi connectivity index (χ1n) is 5.76. The van der Waals surface area contributed by atoms with E-state index in [-0.39, 0.29) is 0 Å². The van der Waals surface area contributed by atoms with Crippen LogP contribution >= 0.6 is 11.8 Å². The lowest BCUT2D eigenvalue weighted by molar-refractivity contribution is -0.137. The largest absolute Gasteiger partial charge is 0.416 e. The molecule has 0 atom stereocenters. The van der Waals surface area contributed by atoms with Gasteiger partial charge < -0.3 is 4.90 Å². The van der Waals surface area contributed by atoms with Gasteiger partial charge in [-0.05, 0) is 29.5 Å². The molecule has 0 saturated heterocycles. The number of thioether (sulfide) groups is 1. The summed E-state index contributed by atoms with van der Waals surface area (Å²) in [6.07, 6.45) is -3.24. The van der Waals surface area contributed by atoms with Crippen LogP contribution in [0.3, 0.4) is 0 Å². The standard InChI is InChI=1S/C13H14F3NS/c1-2-7-17-9-18-8-12(17)10-3-5-11(6-4-10)13(14,15)16/h3-6,8H,2,7,9H2,1H3. The Bertz CT molecular complexity index is 437. The maximum absolute atomic E-state index is 12.5. The van der Waals surface area contributed by atoms with E-state index in [4.69, 9.17) is 0 Å². The molecule has 18 heavy (non-hydrogen) atoms. The number of nitrogens with zero attached hydrogens (tertiary/aromatic N) is 1. The Labute approximate surface area is 109 Å². The minimum atomic E-state index is -4.26. The summed E-state index contributed by atoms with van der Waals surface area (Å²) in [6, 6.07) is 5.37. The normalized spacial score (nSPS) is 16.0. The summed E-state index contributed by atoms with van der Waals surface area (Å²) in [5, 5.41) is 2.01. The van der Waals surface area contributed by atoms with E-state index >= 15 is 0 Å². The fraction of sp³-hybridized carbons (Fsp3) is 0.385. The third-order valence-corrected chi connectivity index (χ3v) is 3.62. The van der Waals surface area contributed by atoms with Crippen molar-refractivity contribution in [3.63, 3.8) is 0 Å². The van der Waals surface area contributed by atoms with Crippen LogP contribution in [0.1, 0.15) is 24.5 Å². The molecule has 0 aromatic heterocycles. The fourth-order valence-corrected chi connectivity index (χ4v) is 2.85. The lowest BCUT2D eigenvalue weighted by atomic mass is 10.1. The Hall–Kier alpha value is -1.10. The molecule has 0 bridgehead atoms. The number of rotatable bonds is 3. The van der Waals surface area contributed by atoms with Crippen molar-refractivity contribution in [1.29, 1.82) is 0 Å². The zero-order valence-electron chi connectivity index (χ0n) is 10.00. The minimum absolute atomic E-state index is 0.598. The van der Waals surface area contributed by atoms with Crippen molar-refractivity contribution in [2.75, 3.05) is 12.4 Å². The van der Waals surface area contributed by atoms with Gasteiger partial charge >= 0.3 is 6.18 Å². The molecule has 0 amide bonds. The van der Waals surface area contributed by atoms with Gasteiger partial charge in [0, 0.05) is 6.54 Å². The van der Waals surface area contributed by atoms with Gasteiger partial charge in [0.2, 0.25) is 0 Å². The van der Waals surface area contributed by atoms with Crippen LogP contribution < -0.4 is 0 Å². The Balaban J connectivity index is 2.19. The highest BCUT2D eigenvalue weighted by molar-refractivity contribution is 8.02. The second-order valence-corrected chi connectivity index (χ2v) is 4.96. The van der Waals surface area contributed by atoms with Crippen LogP contribution in [-0.4, -0.2) is 17.3 Å². The van der Waals surface area contributed by atoms with Crippen LogP contribution in [-0.2, 0) is 6.18 Å². The molecule has 98 valence electrons. The molecule has 0 unspecified atom stereocenters.